The lowest BCUT2D eigenvalue weighted by Crippen LogP contribution is -2.30. The maximum absolute atomic E-state index is 8.55. The van der Waals surface area contributed by atoms with Gasteiger partial charge in [0.2, 0.25) is 3.79 Å². The second-order valence-corrected chi connectivity index (χ2v) is 5.78. The van der Waals surface area contributed by atoms with E-state index in [9.17, 15) is 0 Å². The van der Waals surface area contributed by atoms with Crippen molar-refractivity contribution in [3.63, 3.8) is 0 Å². The Morgan fingerprint density at radius 1 is 1.43 bits per heavy atom. The van der Waals surface area contributed by atoms with Crippen LogP contribution in [0.5, 0.6) is 0 Å². The summed E-state index contributed by atoms with van der Waals surface area (Å²) in [5.41, 5.74) is -0.554. The molecule has 1 aliphatic rings. The van der Waals surface area contributed by atoms with Crippen LogP contribution in [-0.4, -0.2) is 14.7 Å². The third-order valence-electron chi connectivity index (χ3n) is 1.98. The molecule has 14 heavy (non-hydrogen) atoms. The molecule has 0 saturated heterocycles. The average Bonchev–Trinajstić information content (AvgIpc) is 2.02. The number of oxime groups is 1. The van der Waals surface area contributed by atoms with Crippen molar-refractivity contribution in [3.8, 4) is 0 Å². The Bertz CT molecular complexity index is 329. The van der Waals surface area contributed by atoms with Crippen molar-refractivity contribution in [2.45, 2.75) is 10.7 Å². The summed E-state index contributed by atoms with van der Waals surface area (Å²) in [7, 11) is 0. The van der Waals surface area contributed by atoms with Gasteiger partial charge in [0.15, 0.2) is 0 Å². The van der Waals surface area contributed by atoms with Crippen LogP contribution in [0.15, 0.2) is 28.4 Å². The molecule has 0 spiro atoms. The molecule has 0 amide bonds. The summed E-state index contributed by atoms with van der Waals surface area (Å²) < 4.78 is -1.50. The fraction of sp³-hybridized carbons (Fsp3) is 0.375. The number of hydrogen-bond acceptors (Lipinski definition) is 2. The second-order valence-electron chi connectivity index (χ2n) is 3.09. The van der Waals surface area contributed by atoms with E-state index in [2.05, 4.69) is 5.16 Å². The zero-order chi connectivity index (χ0) is 11.0. The molecular formula is C8H7Cl4NO. The second kappa shape index (κ2) is 3.93. The van der Waals surface area contributed by atoms with Gasteiger partial charge in [0.25, 0.3) is 0 Å². The summed E-state index contributed by atoms with van der Waals surface area (Å²) in [5.74, 6) is 0. The van der Waals surface area contributed by atoms with Crippen LogP contribution in [0, 0.1) is 5.41 Å². The van der Waals surface area contributed by atoms with E-state index in [1.54, 1.807) is 13.0 Å². The van der Waals surface area contributed by atoms with Gasteiger partial charge < -0.3 is 5.21 Å². The summed E-state index contributed by atoms with van der Waals surface area (Å²) in [6.07, 6.45) is 4.67. The Kier molecular flexibility index (Phi) is 3.42. The summed E-state index contributed by atoms with van der Waals surface area (Å²) in [4.78, 5) is 0. The number of alkyl halides is 3. The molecule has 1 aliphatic carbocycles. The van der Waals surface area contributed by atoms with Gasteiger partial charge in [0, 0.05) is 0 Å². The molecule has 0 aliphatic heterocycles. The number of hydrogen-bond donors (Lipinski definition) is 1. The van der Waals surface area contributed by atoms with Crippen molar-refractivity contribution in [2.75, 3.05) is 0 Å². The maximum Gasteiger partial charge on any atom is 0.202 e. The van der Waals surface area contributed by atoms with Gasteiger partial charge in [-0.05, 0) is 19.1 Å². The van der Waals surface area contributed by atoms with Crippen LogP contribution in [0.25, 0.3) is 0 Å². The van der Waals surface area contributed by atoms with Crippen molar-refractivity contribution in [1.82, 2.24) is 0 Å². The van der Waals surface area contributed by atoms with Gasteiger partial charge in [-0.2, -0.15) is 0 Å². The SMILES string of the molecule is C[C@@]1(C(Cl)(Cl)Cl)C=C/C(=N\O)C(Cl)=C1. The third kappa shape index (κ3) is 2.19. The molecule has 0 aromatic rings. The van der Waals surface area contributed by atoms with Gasteiger partial charge in [-0.3, -0.25) is 0 Å². The van der Waals surface area contributed by atoms with Crippen molar-refractivity contribution in [1.29, 1.82) is 0 Å². The van der Waals surface area contributed by atoms with Crippen LogP contribution >= 0.6 is 46.4 Å². The topological polar surface area (TPSA) is 32.6 Å². The minimum absolute atomic E-state index is 0.249. The first-order chi connectivity index (χ1) is 6.30. The number of allylic oxidation sites excluding steroid dienone is 4. The predicted octanol–water partition coefficient (Wildman–Crippen LogP) is 3.89. The molecule has 0 saturated carbocycles. The number of nitrogens with zero attached hydrogens (tertiary/aromatic N) is 1. The van der Waals surface area contributed by atoms with Crippen LogP contribution in [0.1, 0.15) is 6.92 Å². The van der Waals surface area contributed by atoms with E-state index in [1.165, 1.54) is 12.2 Å². The molecule has 2 nitrogen and oxygen atoms in total. The zero-order valence-electron chi connectivity index (χ0n) is 7.14. The van der Waals surface area contributed by atoms with Gasteiger partial charge in [0.1, 0.15) is 5.71 Å². The lowest BCUT2D eigenvalue weighted by molar-refractivity contribution is 0.319. The fourth-order valence-electron chi connectivity index (χ4n) is 0.974. The standard InChI is InChI=1S/C8H7Cl4NO/c1-7(8(10,11)12)3-2-6(13-14)5(9)4-7/h2-4,14H,1H3/b13-6+/t7-/m1/s1. The normalized spacial score (nSPS) is 30.6. The predicted molar refractivity (Wildman–Crippen MR) is 60.7 cm³/mol. The quantitative estimate of drug-likeness (QED) is 0.406. The highest BCUT2D eigenvalue weighted by Crippen LogP contribution is 2.48. The van der Waals surface area contributed by atoms with E-state index >= 15 is 0 Å². The molecule has 0 aromatic heterocycles. The Labute approximate surface area is 102 Å². The van der Waals surface area contributed by atoms with E-state index in [-0.39, 0.29) is 10.7 Å². The lowest BCUT2D eigenvalue weighted by atomic mass is 9.87. The fourth-order valence-corrected chi connectivity index (χ4v) is 1.65. The minimum Gasteiger partial charge on any atom is -0.410 e. The van der Waals surface area contributed by atoms with Gasteiger partial charge in [-0.25, -0.2) is 0 Å². The highest BCUT2D eigenvalue weighted by Gasteiger charge is 2.42. The van der Waals surface area contributed by atoms with Crippen LogP contribution < -0.4 is 0 Å². The van der Waals surface area contributed by atoms with Crippen molar-refractivity contribution >= 4 is 52.1 Å². The highest BCUT2D eigenvalue weighted by atomic mass is 35.6. The molecule has 0 heterocycles. The van der Waals surface area contributed by atoms with Gasteiger partial charge in [-0.15, -0.1) is 0 Å². The Balaban J connectivity index is 3.11. The Hall–Kier alpha value is 0.110. The van der Waals surface area contributed by atoms with Crippen molar-refractivity contribution in [3.05, 3.63) is 23.3 Å². The van der Waals surface area contributed by atoms with E-state index < -0.39 is 9.21 Å². The van der Waals surface area contributed by atoms with Crippen molar-refractivity contribution < 1.29 is 5.21 Å². The number of rotatable bonds is 0. The minimum atomic E-state index is -1.50. The first kappa shape index (κ1) is 12.2. The largest absolute Gasteiger partial charge is 0.410 e. The third-order valence-corrected chi connectivity index (χ3v) is 3.50. The first-order valence-corrected chi connectivity index (χ1v) is 5.18. The van der Waals surface area contributed by atoms with E-state index in [0.717, 1.165) is 0 Å². The molecule has 0 unspecified atom stereocenters. The number of halogens is 4. The Morgan fingerprint density at radius 2 is 2.00 bits per heavy atom. The van der Waals surface area contributed by atoms with E-state index in [4.69, 9.17) is 51.6 Å². The summed E-state index contributed by atoms with van der Waals surface area (Å²) >= 11 is 23.2. The molecule has 1 N–H and O–H groups in total. The molecule has 0 aromatic carbocycles. The maximum atomic E-state index is 8.55. The van der Waals surface area contributed by atoms with Crippen LogP contribution in [0.2, 0.25) is 0 Å². The van der Waals surface area contributed by atoms with Gasteiger partial charge in [-0.1, -0.05) is 57.6 Å². The van der Waals surface area contributed by atoms with Crippen LogP contribution in [0.3, 0.4) is 0 Å². The summed E-state index contributed by atoms with van der Waals surface area (Å²) in [6, 6.07) is 0. The van der Waals surface area contributed by atoms with Gasteiger partial charge >= 0.3 is 0 Å². The molecule has 6 heteroatoms. The van der Waals surface area contributed by atoms with E-state index in [0.29, 0.717) is 0 Å². The van der Waals surface area contributed by atoms with Gasteiger partial charge in [0.05, 0.1) is 10.4 Å². The molecule has 0 bridgehead atoms. The monoisotopic (exact) mass is 273 g/mol. The molecule has 1 atom stereocenters. The summed E-state index contributed by atoms with van der Waals surface area (Å²) in [5, 5.41) is 11.8. The molecular weight excluding hydrogens is 268 g/mol. The first-order valence-electron chi connectivity index (χ1n) is 3.67. The van der Waals surface area contributed by atoms with Crippen molar-refractivity contribution in [2.24, 2.45) is 10.6 Å². The molecule has 1 rings (SSSR count). The van der Waals surface area contributed by atoms with E-state index in [1.807, 2.05) is 0 Å². The lowest BCUT2D eigenvalue weighted by Gasteiger charge is -2.32. The van der Waals surface area contributed by atoms with Crippen LogP contribution in [-0.2, 0) is 0 Å². The Morgan fingerprint density at radius 3 is 2.36 bits per heavy atom. The highest BCUT2D eigenvalue weighted by molar-refractivity contribution is 6.68. The molecule has 78 valence electrons. The average molecular weight is 275 g/mol. The zero-order valence-corrected chi connectivity index (χ0v) is 10.2. The van der Waals surface area contributed by atoms with Crippen LogP contribution in [0.4, 0.5) is 0 Å². The molecule has 0 radical (unpaired) electrons. The smallest absolute Gasteiger partial charge is 0.202 e. The molecule has 0 fully saturated rings. The summed E-state index contributed by atoms with van der Waals surface area (Å²) in [6.45, 7) is 1.72.